The van der Waals surface area contributed by atoms with Gasteiger partial charge in [0.15, 0.2) is 0 Å². The molecule has 1 aromatic carbocycles. The lowest BCUT2D eigenvalue weighted by molar-refractivity contribution is -0.173. The van der Waals surface area contributed by atoms with Gasteiger partial charge in [-0.3, -0.25) is 4.79 Å². The van der Waals surface area contributed by atoms with Gasteiger partial charge in [-0.2, -0.15) is 18.4 Å². The lowest BCUT2D eigenvalue weighted by atomic mass is 10.1. The molecule has 1 rings (SSSR count). The molecule has 0 aliphatic heterocycles. The fourth-order valence-corrected chi connectivity index (χ4v) is 1.03. The molecule has 84 valence electrons. The van der Waals surface area contributed by atoms with Crippen LogP contribution in [0.3, 0.4) is 0 Å². The van der Waals surface area contributed by atoms with Gasteiger partial charge in [-0.15, -0.1) is 0 Å². The van der Waals surface area contributed by atoms with Gasteiger partial charge in [0.05, 0.1) is 11.6 Å². The Bertz CT molecular complexity index is 434. The van der Waals surface area contributed by atoms with E-state index in [0.29, 0.717) is 11.1 Å². The molecule has 3 nitrogen and oxygen atoms in total. The van der Waals surface area contributed by atoms with Crippen LogP contribution < -0.4 is 5.32 Å². The van der Waals surface area contributed by atoms with Crippen molar-refractivity contribution < 1.29 is 18.0 Å². The number of alkyl halides is 3. The van der Waals surface area contributed by atoms with E-state index >= 15 is 0 Å². The number of halogens is 3. The topological polar surface area (TPSA) is 52.9 Å². The van der Waals surface area contributed by atoms with Gasteiger partial charge in [-0.05, 0) is 17.7 Å². The van der Waals surface area contributed by atoms with Crippen molar-refractivity contribution in [2.75, 3.05) is 0 Å². The van der Waals surface area contributed by atoms with E-state index in [9.17, 15) is 18.0 Å². The van der Waals surface area contributed by atoms with Crippen LogP contribution in [0.15, 0.2) is 24.3 Å². The Morgan fingerprint density at radius 3 is 2.69 bits per heavy atom. The Morgan fingerprint density at radius 1 is 1.44 bits per heavy atom. The predicted octanol–water partition coefficient (Wildman–Crippen LogP) is 1.74. The smallest absolute Gasteiger partial charge is 0.344 e. The second kappa shape index (κ2) is 4.66. The van der Waals surface area contributed by atoms with Gasteiger partial charge in [0.2, 0.25) is 0 Å². The van der Waals surface area contributed by atoms with Gasteiger partial charge in [-0.25, -0.2) is 0 Å². The maximum absolute atomic E-state index is 11.8. The summed E-state index contributed by atoms with van der Waals surface area (Å²) in [6.07, 6.45) is -4.88. The van der Waals surface area contributed by atoms with E-state index in [-0.39, 0.29) is 6.54 Å². The molecule has 0 radical (unpaired) electrons. The molecule has 1 aromatic rings. The third kappa shape index (κ3) is 3.28. The summed E-state index contributed by atoms with van der Waals surface area (Å²) in [4.78, 5) is 10.5. The van der Waals surface area contributed by atoms with Crippen LogP contribution >= 0.6 is 0 Å². The molecule has 6 heteroatoms. The minimum absolute atomic E-state index is 0.256. The molecule has 0 unspecified atom stereocenters. The fraction of sp³-hybridized carbons (Fsp3) is 0.200. The Kier molecular flexibility index (Phi) is 3.51. The molecule has 0 saturated carbocycles. The highest BCUT2D eigenvalue weighted by Gasteiger charge is 2.38. The minimum atomic E-state index is -4.88. The van der Waals surface area contributed by atoms with Crippen molar-refractivity contribution in [3.05, 3.63) is 35.4 Å². The quantitative estimate of drug-likeness (QED) is 0.838. The highest BCUT2D eigenvalue weighted by molar-refractivity contribution is 5.81. The highest BCUT2D eigenvalue weighted by atomic mass is 19.4. The second-order valence-electron chi connectivity index (χ2n) is 2.99. The normalized spacial score (nSPS) is 10.6. The Balaban J connectivity index is 2.62. The SMILES string of the molecule is N#Cc1cccc(CNC(=O)C(F)(F)F)c1. The first-order chi connectivity index (χ1) is 7.43. The Hall–Kier alpha value is -2.03. The zero-order chi connectivity index (χ0) is 12.2. The molecule has 0 saturated heterocycles. The van der Waals surface area contributed by atoms with Crippen LogP contribution in [0.1, 0.15) is 11.1 Å². The zero-order valence-electron chi connectivity index (χ0n) is 8.01. The molecular formula is C10H7F3N2O. The molecule has 0 aliphatic rings. The van der Waals surface area contributed by atoms with Gasteiger partial charge in [0, 0.05) is 6.54 Å². The van der Waals surface area contributed by atoms with Crippen molar-refractivity contribution in [3.8, 4) is 6.07 Å². The van der Waals surface area contributed by atoms with E-state index < -0.39 is 12.1 Å². The van der Waals surface area contributed by atoms with Crippen molar-refractivity contribution in [2.24, 2.45) is 0 Å². The number of hydrogen-bond donors (Lipinski definition) is 1. The second-order valence-corrected chi connectivity index (χ2v) is 2.99. The minimum Gasteiger partial charge on any atom is -0.344 e. The Morgan fingerprint density at radius 2 is 2.12 bits per heavy atom. The van der Waals surface area contributed by atoms with Gasteiger partial charge in [-0.1, -0.05) is 12.1 Å². The lowest BCUT2D eigenvalue weighted by Gasteiger charge is -2.07. The number of nitrogens with zero attached hydrogens (tertiary/aromatic N) is 1. The summed E-state index contributed by atoms with van der Waals surface area (Å²) in [7, 11) is 0. The van der Waals surface area contributed by atoms with E-state index in [4.69, 9.17) is 5.26 Å². The van der Waals surface area contributed by atoms with E-state index in [1.54, 1.807) is 5.32 Å². The molecule has 1 N–H and O–H groups in total. The number of rotatable bonds is 2. The third-order valence-electron chi connectivity index (χ3n) is 1.77. The molecular weight excluding hydrogens is 221 g/mol. The molecule has 0 aromatic heterocycles. The van der Waals surface area contributed by atoms with Crippen LogP contribution in [0.2, 0.25) is 0 Å². The van der Waals surface area contributed by atoms with Crippen molar-refractivity contribution in [3.63, 3.8) is 0 Å². The van der Waals surface area contributed by atoms with Gasteiger partial charge in [0.1, 0.15) is 0 Å². The summed E-state index contributed by atoms with van der Waals surface area (Å²) in [6.45, 7) is -0.256. The van der Waals surface area contributed by atoms with Gasteiger partial charge >= 0.3 is 12.1 Å². The molecule has 0 heterocycles. The number of hydrogen-bond acceptors (Lipinski definition) is 2. The van der Waals surface area contributed by atoms with Gasteiger partial charge in [0.25, 0.3) is 0 Å². The van der Waals surface area contributed by atoms with Crippen molar-refractivity contribution in [2.45, 2.75) is 12.7 Å². The summed E-state index contributed by atoms with van der Waals surface area (Å²) < 4.78 is 35.5. The molecule has 0 fully saturated rings. The van der Waals surface area contributed by atoms with E-state index in [1.165, 1.54) is 24.3 Å². The van der Waals surface area contributed by atoms with Crippen LogP contribution in [0, 0.1) is 11.3 Å². The number of carbonyl (C=O) groups excluding carboxylic acids is 1. The zero-order valence-corrected chi connectivity index (χ0v) is 8.01. The number of nitriles is 1. The van der Waals surface area contributed by atoms with Crippen LogP contribution in [-0.4, -0.2) is 12.1 Å². The van der Waals surface area contributed by atoms with Crippen LogP contribution in [0.25, 0.3) is 0 Å². The van der Waals surface area contributed by atoms with Crippen molar-refractivity contribution in [1.82, 2.24) is 5.32 Å². The number of benzene rings is 1. The average molecular weight is 228 g/mol. The van der Waals surface area contributed by atoms with E-state index in [0.717, 1.165) is 0 Å². The van der Waals surface area contributed by atoms with Crippen molar-refractivity contribution >= 4 is 5.91 Å². The summed E-state index contributed by atoms with van der Waals surface area (Å²) in [6, 6.07) is 7.85. The largest absolute Gasteiger partial charge is 0.471 e. The first-order valence-electron chi connectivity index (χ1n) is 4.27. The molecule has 0 atom stereocenters. The van der Waals surface area contributed by atoms with Crippen LogP contribution in [-0.2, 0) is 11.3 Å². The molecule has 16 heavy (non-hydrogen) atoms. The number of carbonyl (C=O) groups is 1. The monoisotopic (exact) mass is 228 g/mol. The summed E-state index contributed by atoms with van der Waals surface area (Å²) in [5.41, 5.74) is 0.774. The summed E-state index contributed by atoms with van der Waals surface area (Å²) in [5.74, 6) is -1.99. The fourth-order valence-electron chi connectivity index (χ4n) is 1.03. The highest BCUT2D eigenvalue weighted by Crippen LogP contribution is 2.14. The maximum atomic E-state index is 11.8. The summed E-state index contributed by atoms with van der Waals surface area (Å²) in [5, 5.41) is 10.3. The molecule has 1 amide bonds. The maximum Gasteiger partial charge on any atom is 0.471 e. The predicted molar refractivity (Wildman–Crippen MR) is 49.1 cm³/mol. The number of amides is 1. The lowest BCUT2D eigenvalue weighted by Crippen LogP contribution is -2.36. The van der Waals surface area contributed by atoms with E-state index in [1.807, 2.05) is 6.07 Å². The Labute approximate surface area is 89.5 Å². The van der Waals surface area contributed by atoms with E-state index in [2.05, 4.69) is 0 Å². The molecule has 0 bridgehead atoms. The van der Waals surface area contributed by atoms with Crippen LogP contribution in [0.5, 0.6) is 0 Å². The molecule has 0 aliphatic carbocycles. The first-order valence-corrected chi connectivity index (χ1v) is 4.27. The third-order valence-corrected chi connectivity index (χ3v) is 1.77. The number of nitrogens with one attached hydrogen (secondary N) is 1. The van der Waals surface area contributed by atoms with Crippen molar-refractivity contribution in [1.29, 1.82) is 5.26 Å². The molecule has 0 spiro atoms. The summed E-state index contributed by atoms with van der Waals surface area (Å²) >= 11 is 0. The van der Waals surface area contributed by atoms with Gasteiger partial charge < -0.3 is 5.32 Å². The first kappa shape index (κ1) is 12.0. The van der Waals surface area contributed by atoms with Crippen LogP contribution in [0.4, 0.5) is 13.2 Å². The average Bonchev–Trinajstić information content (AvgIpc) is 2.25. The standard InChI is InChI=1S/C10H7F3N2O/c11-10(12,13)9(16)15-6-8-3-1-2-7(4-8)5-14/h1-4H,6H2,(H,15,16).